The molecule has 9 nitrogen and oxygen atoms in total. The van der Waals surface area contributed by atoms with Crippen molar-refractivity contribution >= 4 is 36.5 Å². The number of carbonyl (C=O) groups is 4. The molecule has 240 valence electrons. The van der Waals surface area contributed by atoms with E-state index < -0.39 is 53.2 Å². The van der Waals surface area contributed by atoms with Gasteiger partial charge in [0, 0.05) is 18.7 Å². The Morgan fingerprint density at radius 1 is 0.909 bits per heavy atom. The van der Waals surface area contributed by atoms with E-state index in [0.29, 0.717) is 5.56 Å². The van der Waals surface area contributed by atoms with Gasteiger partial charge in [0.1, 0.15) is 29.3 Å². The molecule has 44 heavy (non-hydrogen) atoms. The summed E-state index contributed by atoms with van der Waals surface area (Å²) in [5.74, 6) is -1.81. The minimum absolute atomic E-state index is 0.0275. The molecule has 0 aliphatic rings. The summed E-state index contributed by atoms with van der Waals surface area (Å²) in [5.41, 5.74) is 1.55. The number of nitrogens with zero attached hydrogens (tertiary/aromatic N) is 1. The molecule has 3 amide bonds. The highest BCUT2D eigenvalue weighted by Gasteiger charge is 2.38. The summed E-state index contributed by atoms with van der Waals surface area (Å²) in [6.07, 6.45) is 0.888. The maximum Gasteiger partial charge on any atom is 0.408 e. The molecule has 2 aromatic rings. The normalized spacial score (nSPS) is 13.6. The van der Waals surface area contributed by atoms with Crippen LogP contribution in [0.25, 0.3) is 0 Å². The zero-order valence-electron chi connectivity index (χ0n) is 27.1. The second kappa shape index (κ2) is 15.8. The van der Waals surface area contributed by atoms with Gasteiger partial charge in [0.15, 0.2) is 0 Å². The highest BCUT2D eigenvalue weighted by molar-refractivity contribution is 7.80. The van der Waals surface area contributed by atoms with Gasteiger partial charge in [-0.15, -0.1) is 6.58 Å². The Bertz CT molecular complexity index is 1320. The number of aryl methyl sites for hydroxylation is 2. The summed E-state index contributed by atoms with van der Waals surface area (Å²) in [4.78, 5) is 55.7. The van der Waals surface area contributed by atoms with Crippen molar-refractivity contribution in [2.24, 2.45) is 0 Å². The van der Waals surface area contributed by atoms with E-state index in [1.54, 1.807) is 47.6 Å². The molecule has 0 radical (unpaired) electrons. The van der Waals surface area contributed by atoms with Crippen LogP contribution in [0, 0.1) is 13.8 Å². The Labute approximate surface area is 267 Å². The van der Waals surface area contributed by atoms with Crippen molar-refractivity contribution in [3.8, 4) is 0 Å². The Morgan fingerprint density at radius 3 is 2.05 bits per heavy atom. The molecule has 0 heterocycles. The molecule has 0 saturated carbocycles. The molecule has 0 aliphatic carbocycles. The van der Waals surface area contributed by atoms with Crippen LogP contribution in [0.5, 0.6) is 0 Å². The van der Waals surface area contributed by atoms with E-state index in [1.165, 1.54) is 11.0 Å². The van der Waals surface area contributed by atoms with Crippen molar-refractivity contribution < 1.29 is 28.7 Å². The largest absolute Gasteiger partial charge is 0.458 e. The molecule has 3 atom stereocenters. The van der Waals surface area contributed by atoms with Crippen molar-refractivity contribution in [2.45, 2.75) is 91.1 Å². The molecule has 3 unspecified atom stereocenters. The molecule has 2 rings (SSSR count). The lowest BCUT2D eigenvalue weighted by atomic mass is 9.96. The SMILES string of the molecule is C=CCN(C(=O)C(CS)NC(=O)OC(C)(C)C)C(C(=O)NC(Cc1ccccc1)C(=O)OC(C)(C)C)c1ccc(C)cc1C. The van der Waals surface area contributed by atoms with Gasteiger partial charge in [0.2, 0.25) is 11.8 Å². The summed E-state index contributed by atoms with van der Waals surface area (Å²) in [5, 5.41) is 5.46. The quantitative estimate of drug-likeness (QED) is 0.169. The van der Waals surface area contributed by atoms with Gasteiger partial charge in [-0.2, -0.15) is 12.6 Å². The van der Waals surface area contributed by atoms with Gasteiger partial charge in [-0.3, -0.25) is 9.59 Å². The van der Waals surface area contributed by atoms with E-state index in [9.17, 15) is 19.2 Å². The van der Waals surface area contributed by atoms with Gasteiger partial charge in [0.25, 0.3) is 0 Å². The van der Waals surface area contributed by atoms with Crippen LogP contribution in [0.3, 0.4) is 0 Å². The number of rotatable bonds is 12. The van der Waals surface area contributed by atoms with Crippen LogP contribution in [0.1, 0.15) is 69.8 Å². The van der Waals surface area contributed by atoms with Crippen molar-refractivity contribution in [3.63, 3.8) is 0 Å². The van der Waals surface area contributed by atoms with E-state index in [0.717, 1.165) is 16.7 Å². The Kier molecular flexibility index (Phi) is 13.1. The average molecular weight is 626 g/mol. The van der Waals surface area contributed by atoms with E-state index in [1.807, 2.05) is 56.3 Å². The molecule has 0 spiro atoms. The predicted molar refractivity (Wildman–Crippen MR) is 175 cm³/mol. The number of alkyl carbamates (subject to hydrolysis) is 1. The summed E-state index contributed by atoms with van der Waals surface area (Å²) in [6, 6.07) is 11.5. The third-order valence-electron chi connectivity index (χ3n) is 6.35. The first kappa shape index (κ1) is 36.4. The number of ether oxygens (including phenoxy) is 2. The van der Waals surface area contributed by atoms with Crippen LogP contribution in [0.15, 0.2) is 61.2 Å². The lowest BCUT2D eigenvalue weighted by Crippen LogP contribution is -2.55. The number of carbonyl (C=O) groups excluding carboxylic acids is 4. The second-order valence-corrected chi connectivity index (χ2v) is 13.1. The molecular formula is C34H47N3O6S. The number of hydrogen-bond donors (Lipinski definition) is 3. The van der Waals surface area contributed by atoms with Crippen molar-refractivity contribution in [2.75, 3.05) is 12.3 Å². The first-order chi connectivity index (χ1) is 20.5. The first-order valence-corrected chi connectivity index (χ1v) is 15.2. The zero-order valence-corrected chi connectivity index (χ0v) is 28.0. The van der Waals surface area contributed by atoms with Crippen LogP contribution >= 0.6 is 12.6 Å². The predicted octanol–water partition coefficient (Wildman–Crippen LogP) is 5.25. The average Bonchev–Trinajstić information content (AvgIpc) is 2.90. The Balaban J connectivity index is 2.57. The molecular weight excluding hydrogens is 578 g/mol. The monoisotopic (exact) mass is 625 g/mol. The van der Waals surface area contributed by atoms with E-state index in [4.69, 9.17) is 9.47 Å². The van der Waals surface area contributed by atoms with Crippen molar-refractivity contribution in [3.05, 3.63) is 83.4 Å². The number of amides is 3. The summed E-state index contributed by atoms with van der Waals surface area (Å²) >= 11 is 4.32. The van der Waals surface area contributed by atoms with E-state index in [2.05, 4.69) is 29.8 Å². The third kappa shape index (κ3) is 11.4. The minimum Gasteiger partial charge on any atom is -0.458 e. The fourth-order valence-electron chi connectivity index (χ4n) is 4.55. The third-order valence-corrected chi connectivity index (χ3v) is 6.72. The first-order valence-electron chi connectivity index (χ1n) is 14.6. The van der Waals surface area contributed by atoms with Crippen LogP contribution in [-0.2, 0) is 30.3 Å². The number of nitrogens with one attached hydrogen (secondary N) is 2. The van der Waals surface area contributed by atoms with Crippen LogP contribution < -0.4 is 10.6 Å². The number of hydrogen-bond acceptors (Lipinski definition) is 7. The zero-order chi connectivity index (χ0) is 33.2. The van der Waals surface area contributed by atoms with E-state index in [-0.39, 0.29) is 18.7 Å². The summed E-state index contributed by atoms with van der Waals surface area (Å²) in [7, 11) is 0. The minimum atomic E-state index is -1.18. The Hall–Kier alpha value is -3.79. The lowest BCUT2D eigenvalue weighted by molar-refractivity contribution is -0.159. The van der Waals surface area contributed by atoms with Crippen LogP contribution in [0.4, 0.5) is 4.79 Å². The molecule has 0 aliphatic heterocycles. The molecule has 10 heteroatoms. The summed E-state index contributed by atoms with van der Waals surface area (Å²) < 4.78 is 11.0. The van der Waals surface area contributed by atoms with Crippen molar-refractivity contribution in [1.29, 1.82) is 0 Å². The number of benzene rings is 2. The molecule has 2 N–H and O–H groups in total. The topological polar surface area (TPSA) is 114 Å². The van der Waals surface area contributed by atoms with Gasteiger partial charge in [-0.25, -0.2) is 9.59 Å². The maximum absolute atomic E-state index is 14.3. The van der Waals surface area contributed by atoms with Gasteiger partial charge in [-0.1, -0.05) is 60.2 Å². The van der Waals surface area contributed by atoms with Crippen LogP contribution in [-0.4, -0.2) is 64.4 Å². The number of esters is 1. The van der Waals surface area contributed by atoms with Crippen molar-refractivity contribution in [1.82, 2.24) is 15.5 Å². The van der Waals surface area contributed by atoms with Gasteiger partial charge < -0.3 is 25.0 Å². The number of thiol groups is 1. The second-order valence-electron chi connectivity index (χ2n) is 12.7. The van der Waals surface area contributed by atoms with Crippen LogP contribution in [0.2, 0.25) is 0 Å². The molecule has 0 bridgehead atoms. The molecule has 0 saturated heterocycles. The lowest BCUT2D eigenvalue weighted by Gasteiger charge is -2.35. The highest BCUT2D eigenvalue weighted by atomic mass is 32.1. The standard InChI is InChI=1S/C34H47N3O6S/c1-10-18-37(30(39)27(21-44)36-32(41)43-34(7,8)9)28(25-17-16-22(2)19-23(25)3)29(38)35-26(31(40)42-33(4,5)6)20-24-14-12-11-13-15-24/h10-17,19,26-28,44H,1,18,20-21H2,2-9H3,(H,35,38)(H,36,41). The smallest absolute Gasteiger partial charge is 0.408 e. The maximum atomic E-state index is 14.3. The molecule has 0 aromatic heterocycles. The highest BCUT2D eigenvalue weighted by Crippen LogP contribution is 2.27. The van der Waals surface area contributed by atoms with E-state index >= 15 is 0 Å². The fourth-order valence-corrected chi connectivity index (χ4v) is 4.79. The van der Waals surface area contributed by atoms with Gasteiger partial charge in [-0.05, 0) is 72.1 Å². The fraction of sp³-hybridized carbons (Fsp3) is 0.471. The molecule has 2 aromatic carbocycles. The Morgan fingerprint density at radius 2 is 1.52 bits per heavy atom. The van der Waals surface area contributed by atoms with Gasteiger partial charge in [0.05, 0.1) is 0 Å². The molecule has 0 fully saturated rings. The van der Waals surface area contributed by atoms with Gasteiger partial charge >= 0.3 is 12.1 Å². The summed E-state index contributed by atoms with van der Waals surface area (Å²) in [6.45, 7) is 18.0.